The topological polar surface area (TPSA) is 135 Å². The molecule has 0 spiro atoms. The summed E-state index contributed by atoms with van der Waals surface area (Å²) >= 11 is 0. The number of nitrogens with one attached hydrogen (secondary N) is 2. The number of ether oxygens (including phenoxy) is 2. The van der Waals surface area contributed by atoms with E-state index >= 15 is 0 Å². The predicted molar refractivity (Wildman–Crippen MR) is 119 cm³/mol. The van der Waals surface area contributed by atoms with E-state index in [1.54, 1.807) is 32.9 Å². The second kappa shape index (κ2) is 10.9. The molecule has 2 amide bonds. The third-order valence-electron chi connectivity index (χ3n) is 4.24. The second-order valence-corrected chi connectivity index (χ2v) is 8.06. The quantitative estimate of drug-likeness (QED) is 0.618. The van der Waals surface area contributed by atoms with Gasteiger partial charge in [0.15, 0.2) is 0 Å². The SMILES string of the molecule is COC(=O)[C@H](CC(=O)OC(C)(C)C)NC(=O)c1cccc(NC(=O)c2ccc(C#N)cc2)c1. The highest BCUT2D eigenvalue weighted by Gasteiger charge is 2.28. The molecule has 9 heteroatoms. The van der Waals surface area contributed by atoms with Crippen molar-refractivity contribution in [2.24, 2.45) is 0 Å². The van der Waals surface area contributed by atoms with Gasteiger partial charge in [0, 0.05) is 16.8 Å². The van der Waals surface area contributed by atoms with Crippen molar-refractivity contribution in [3.05, 3.63) is 65.2 Å². The number of carbonyl (C=O) groups is 4. The Labute approximate surface area is 191 Å². The van der Waals surface area contributed by atoms with Gasteiger partial charge in [-0.25, -0.2) is 4.79 Å². The van der Waals surface area contributed by atoms with Gasteiger partial charge >= 0.3 is 11.9 Å². The largest absolute Gasteiger partial charge is 0.467 e. The van der Waals surface area contributed by atoms with Crippen molar-refractivity contribution in [1.29, 1.82) is 5.26 Å². The molecule has 0 unspecified atom stereocenters. The number of hydrogen-bond acceptors (Lipinski definition) is 7. The first-order valence-corrected chi connectivity index (χ1v) is 10.0. The van der Waals surface area contributed by atoms with E-state index in [0.717, 1.165) is 7.11 Å². The van der Waals surface area contributed by atoms with Crippen LogP contribution in [0.4, 0.5) is 5.69 Å². The van der Waals surface area contributed by atoms with Crippen LogP contribution in [0.15, 0.2) is 48.5 Å². The van der Waals surface area contributed by atoms with Gasteiger partial charge < -0.3 is 20.1 Å². The number of benzene rings is 2. The van der Waals surface area contributed by atoms with Crippen molar-refractivity contribution in [2.45, 2.75) is 38.8 Å². The minimum atomic E-state index is -1.24. The van der Waals surface area contributed by atoms with E-state index in [0.29, 0.717) is 16.8 Å². The van der Waals surface area contributed by atoms with Crippen LogP contribution in [-0.2, 0) is 19.1 Å². The van der Waals surface area contributed by atoms with Crippen LogP contribution in [-0.4, -0.2) is 42.5 Å². The molecule has 2 aromatic carbocycles. The molecule has 0 saturated heterocycles. The number of methoxy groups -OCH3 is 1. The molecule has 0 aliphatic rings. The lowest BCUT2D eigenvalue weighted by Crippen LogP contribution is -2.43. The number of amides is 2. The van der Waals surface area contributed by atoms with Gasteiger partial charge in [-0.2, -0.15) is 5.26 Å². The van der Waals surface area contributed by atoms with Gasteiger partial charge in [-0.15, -0.1) is 0 Å². The zero-order chi connectivity index (χ0) is 24.6. The fraction of sp³-hybridized carbons (Fsp3) is 0.292. The molecule has 0 heterocycles. The maximum absolute atomic E-state index is 12.7. The first kappa shape index (κ1) is 25.1. The predicted octanol–water partition coefficient (Wildman–Crippen LogP) is 2.81. The Kier molecular flexibility index (Phi) is 8.29. The number of anilines is 1. The van der Waals surface area contributed by atoms with Gasteiger partial charge in [0.25, 0.3) is 11.8 Å². The summed E-state index contributed by atoms with van der Waals surface area (Å²) in [6.07, 6.45) is -0.398. The van der Waals surface area contributed by atoms with Gasteiger partial charge in [-0.05, 0) is 63.2 Å². The van der Waals surface area contributed by atoms with E-state index in [-0.39, 0.29) is 5.56 Å². The summed E-state index contributed by atoms with van der Waals surface area (Å²) in [5.74, 6) is -2.51. The Morgan fingerprint density at radius 2 is 1.67 bits per heavy atom. The monoisotopic (exact) mass is 451 g/mol. The molecule has 0 aliphatic carbocycles. The minimum absolute atomic E-state index is 0.158. The molecular formula is C24H25N3O6. The lowest BCUT2D eigenvalue weighted by atomic mass is 10.1. The molecule has 0 bridgehead atoms. The maximum Gasteiger partial charge on any atom is 0.328 e. The molecule has 0 aromatic heterocycles. The third-order valence-corrected chi connectivity index (χ3v) is 4.24. The fourth-order valence-electron chi connectivity index (χ4n) is 2.76. The summed E-state index contributed by atoms with van der Waals surface area (Å²) in [5, 5.41) is 14.0. The lowest BCUT2D eigenvalue weighted by molar-refractivity contribution is -0.158. The maximum atomic E-state index is 12.7. The van der Waals surface area contributed by atoms with Gasteiger partial charge in [-0.1, -0.05) is 6.07 Å². The van der Waals surface area contributed by atoms with Crippen LogP contribution in [0.2, 0.25) is 0 Å². The average Bonchev–Trinajstić information content (AvgIpc) is 2.77. The molecule has 2 rings (SSSR count). The molecule has 0 fully saturated rings. The van der Waals surface area contributed by atoms with Crippen molar-refractivity contribution in [1.82, 2.24) is 5.32 Å². The molecule has 172 valence electrons. The highest BCUT2D eigenvalue weighted by Crippen LogP contribution is 2.14. The van der Waals surface area contributed by atoms with E-state index in [4.69, 9.17) is 10.00 Å². The van der Waals surface area contributed by atoms with Crippen LogP contribution in [0.1, 0.15) is 53.5 Å². The molecule has 9 nitrogen and oxygen atoms in total. The van der Waals surface area contributed by atoms with Crippen LogP contribution < -0.4 is 10.6 Å². The van der Waals surface area contributed by atoms with E-state index in [1.165, 1.54) is 36.4 Å². The first-order valence-electron chi connectivity index (χ1n) is 10.0. The van der Waals surface area contributed by atoms with Gasteiger partial charge in [0.1, 0.15) is 11.6 Å². The van der Waals surface area contributed by atoms with Crippen LogP contribution in [0.25, 0.3) is 0 Å². The van der Waals surface area contributed by atoms with E-state index in [2.05, 4.69) is 15.4 Å². The molecule has 0 saturated carbocycles. The van der Waals surface area contributed by atoms with Gasteiger partial charge in [0.2, 0.25) is 0 Å². The average molecular weight is 451 g/mol. The minimum Gasteiger partial charge on any atom is -0.467 e. The van der Waals surface area contributed by atoms with E-state index in [1.807, 2.05) is 6.07 Å². The summed E-state index contributed by atoms with van der Waals surface area (Å²) in [5.41, 5.74) is 0.525. The Balaban J connectivity index is 2.10. The number of carbonyl (C=O) groups excluding carboxylic acids is 4. The second-order valence-electron chi connectivity index (χ2n) is 8.06. The summed E-state index contributed by atoms with van der Waals surface area (Å²) in [4.78, 5) is 49.3. The number of rotatable bonds is 7. The Morgan fingerprint density at radius 1 is 1.00 bits per heavy atom. The number of hydrogen-bond donors (Lipinski definition) is 2. The smallest absolute Gasteiger partial charge is 0.328 e. The highest BCUT2D eigenvalue weighted by molar-refractivity contribution is 6.05. The van der Waals surface area contributed by atoms with Crippen LogP contribution in [0.5, 0.6) is 0 Å². The van der Waals surface area contributed by atoms with Crippen LogP contribution in [0, 0.1) is 11.3 Å². The number of nitriles is 1. The zero-order valence-electron chi connectivity index (χ0n) is 18.8. The van der Waals surface area contributed by atoms with Gasteiger partial charge in [-0.3, -0.25) is 14.4 Å². The van der Waals surface area contributed by atoms with Gasteiger partial charge in [0.05, 0.1) is 25.2 Å². The molecule has 1 atom stereocenters. The first-order chi connectivity index (χ1) is 15.5. The third kappa shape index (κ3) is 7.78. The van der Waals surface area contributed by atoms with Crippen molar-refractivity contribution in [3.8, 4) is 6.07 Å². The fourth-order valence-corrected chi connectivity index (χ4v) is 2.76. The van der Waals surface area contributed by atoms with Crippen molar-refractivity contribution in [3.63, 3.8) is 0 Å². The molecule has 0 aliphatic heterocycles. The lowest BCUT2D eigenvalue weighted by Gasteiger charge is -2.22. The highest BCUT2D eigenvalue weighted by atomic mass is 16.6. The normalized spacial score (nSPS) is 11.5. The summed E-state index contributed by atoms with van der Waals surface area (Å²) in [6, 6.07) is 12.9. The standard InChI is InChI=1S/C24H25N3O6/c1-24(2,3)33-20(28)13-19(23(31)32-4)27-22(30)17-6-5-7-18(12-17)26-21(29)16-10-8-15(14-25)9-11-16/h5-12,19H,13H2,1-4H3,(H,26,29)(H,27,30)/t19-/m0/s1. The molecular weight excluding hydrogens is 426 g/mol. The summed E-state index contributed by atoms with van der Waals surface area (Å²) in [6.45, 7) is 5.07. The van der Waals surface area contributed by atoms with Crippen LogP contribution in [0.3, 0.4) is 0 Å². The Morgan fingerprint density at radius 3 is 2.24 bits per heavy atom. The zero-order valence-corrected chi connectivity index (χ0v) is 18.8. The molecule has 2 aromatic rings. The van der Waals surface area contributed by atoms with Crippen molar-refractivity contribution < 1.29 is 28.7 Å². The van der Waals surface area contributed by atoms with Crippen molar-refractivity contribution >= 4 is 29.4 Å². The molecule has 0 radical (unpaired) electrons. The van der Waals surface area contributed by atoms with E-state index < -0.39 is 41.8 Å². The number of esters is 2. The molecule has 33 heavy (non-hydrogen) atoms. The molecule has 2 N–H and O–H groups in total. The Hall–Kier alpha value is -4.19. The summed E-state index contributed by atoms with van der Waals surface area (Å²) < 4.78 is 9.89. The van der Waals surface area contributed by atoms with E-state index in [9.17, 15) is 19.2 Å². The number of nitrogens with zero attached hydrogens (tertiary/aromatic N) is 1. The van der Waals surface area contributed by atoms with Crippen molar-refractivity contribution in [2.75, 3.05) is 12.4 Å². The van der Waals surface area contributed by atoms with Crippen LogP contribution >= 0.6 is 0 Å². The summed E-state index contributed by atoms with van der Waals surface area (Å²) in [7, 11) is 1.15. The Bertz CT molecular complexity index is 1080.